The van der Waals surface area contributed by atoms with E-state index in [0.717, 1.165) is 23.3 Å². The highest BCUT2D eigenvalue weighted by molar-refractivity contribution is 5.91. The molecule has 0 bridgehead atoms. The van der Waals surface area contributed by atoms with E-state index < -0.39 is 46.7 Å². The van der Waals surface area contributed by atoms with Gasteiger partial charge in [-0.05, 0) is 32.0 Å². The third kappa shape index (κ3) is 7.04. The number of carbonyl (C=O) groups is 2. The normalized spacial score (nSPS) is 19.4. The van der Waals surface area contributed by atoms with Crippen molar-refractivity contribution in [3.63, 3.8) is 0 Å². The molecule has 1 aliphatic heterocycles. The molecule has 0 aliphatic carbocycles. The van der Waals surface area contributed by atoms with Gasteiger partial charge in [0.1, 0.15) is 6.33 Å². The maximum atomic E-state index is 13.1. The van der Waals surface area contributed by atoms with Gasteiger partial charge in [0.2, 0.25) is 0 Å². The average Bonchev–Trinajstić information content (AvgIpc) is 3.26. The Morgan fingerprint density at radius 1 is 1.03 bits per heavy atom. The fraction of sp³-hybridized carbons (Fsp3) is 0.429. The minimum Gasteiger partial charge on any atom is -0.378 e. The van der Waals surface area contributed by atoms with Crippen LogP contribution in [0.3, 0.4) is 0 Å². The SMILES string of the molecule is CC1COCC(C)N1CC(=O)NNC(=O)/C=C\n1cnc(-c2cc(C(F)(F)F)cc(C(F)(F)F)c2)n1. The minimum absolute atomic E-state index is 0.000597. The van der Waals surface area contributed by atoms with E-state index >= 15 is 0 Å². The molecule has 0 spiro atoms. The summed E-state index contributed by atoms with van der Waals surface area (Å²) in [5.74, 6) is -1.65. The zero-order chi connectivity index (χ0) is 26.7. The van der Waals surface area contributed by atoms with E-state index in [0.29, 0.717) is 25.3 Å². The molecule has 36 heavy (non-hydrogen) atoms. The van der Waals surface area contributed by atoms with Crippen LogP contribution in [0.5, 0.6) is 0 Å². The average molecular weight is 520 g/mol. The lowest BCUT2D eigenvalue weighted by Crippen LogP contribution is -2.54. The van der Waals surface area contributed by atoms with Crippen molar-refractivity contribution in [1.29, 1.82) is 0 Å². The highest BCUT2D eigenvalue weighted by Crippen LogP contribution is 2.38. The fourth-order valence-electron chi connectivity index (χ4n) is 3.43. The number of hydrazine groups is 1. The lowest BCUT2D eigenvalue weighted by Gasteiger charge is -2.38. The topological polar surface area (TPSA) is 101 Å². The van der Waals surface area contributed by atoms with E-state index in [1.807, 2.05) is 18.7 Å². The minimum atomic E-state index is -5.02. The number of nitrogens with zero attached hydrogens (tertiary/aromatic N) is 4. The number of hydrogen-bond acceptors (Lipinski definition) is 6. The molecule has 0 radical (unpaired) electrons. The van der Waals surface area contributed by atoms with Gasteiger partial charge in [0.05, 0.1) is 30.9 Å². The van der Waals surface area contributed by atoms with E-state index in [2.05, 4.69) is 20.9 Å². The molecule has 3 rings (SSSR count). The van der Waals surface area contributed by atoms with Gasteiger partial charge in [0.25, 0.3) is 11.8 Å². The molecule has 1 aliphatic rings. The number of ether oxygens (including phenoxy) is 1. The summed E-state index contributed by atoms with van der Waals surface area (Å²) in [4.78, 5) is 29.7. The molecule has 2 N–H and O–H groups in total. The Kier molecular flexibility index (Phi) is 8.03. The monoisotopic (exact) mass is 520 g/mol. The lowest BCUT2D eigenvalue weighted by molar-refractivity contribution is -0.143. The van der Waals surface area contributed by atoms with Crippen molar-refractivity contribution in [2.75, 3.05) is 19.8 Å². The van der Waals surface area contributed by atoms with Crippen molar-refractivity contribution >= 4 is 18.0 Å². The van der Waals surface area contributed by atoms with Crippen LogP contribution < -0.4 is 10.9 Å². The molecule has 0 saturated carbocycles. The third-order valence-corrected chi connectivity index (χ3v) is 5.23. The molecule has 2 aromatic rings. The van der Waals surface area contributed by atoms with Gasteiger partial charge in [-0.1, -0.05) is 0 Å². The Balaban J connectivity index is 1.63. The van der Waals surface area contributed by atoms with Crippen LogP contribution in [0.4, 0.5) is 26.3 Å². The number of benzene rings is 1. The first-order chi connectivity index (χ1) is 16.7. The molecule has 9 nitrogen and oxygen atoms in total. The van der Waals surface area contributed by atoms with Crippen molar-refractivity contribution in [3.8, 4) is 11.4 Å². The van der Waals surface area contributed by atoms with Crippen LogP contribution in [0.2, 0.25) is 0 Å². The molecule has 2 heterocycles. The predicted octanol–water partition coefficient (Wildman–Crippen LogP) is 2.71. The van der Waals surface area contributed by atoms with Crippen molar-refractivity contribution in [3.05, 3.63) is 41.7 Å². The number of nitrogens with one attached hydrogen (secondary N) is 2. The molecule has 1 saturated heterocycles. The van der Waals surface area contributed by atoms with Gasteiger partial charge in [-0.2, -0.15) is 26.3 Å². The Labute approximate surface area is 201 Å². The Morgan fingerprint density at radius 2 is 1.61 bits per heavy atom. The number of halogens is 6. The number of alkyl halides is 6. The molecule has 1 aromatic heterocycles. The number of amides is 2. The molecule has 2 amide bonds. The predicted molar refractivity (Wildman–Crippen MR) is 114 cm³/mol. The van der Waals surface area contributed by atoms with Crippen LogP contribution >= 0.6 is 0 Å². The molecule has 1 fully saturated rings. The molecular formula is C21H22F6N6O3. The smallest absolute Gasteiger partial charge is 0.378 e. The summed E-state index contributed by atoms with van der Waals surface area (Å²) in [6.45, 7) is 4.79. The molecule has 15 heteroatoms. The second-order valence-corrected chi connectivity index (χ2v) is 8.10. The van der Waals surface area contributed by atoms with Crippen LogP contribution in [0, 0.1) is 0 Å². The van der Waals surface area contributed by atoms with Gasteiger partial charge < -0.3 is 4.74 Å². The Bertz CT molecular complexity index is 1090. The third-order valence-electron chi connectivity index (χ3n) is 5.23. The maximum absolute atomic E-state index is 13.1. The first kappa shape index (κ1) is 27.1. The second-order valence-electron chi connectivity index (χ2n) is 8.10. The molecule has 2 unspecified atom stereocenters. The van der Waals surface area contributed by atoms with Crippen molar-refractivity contribution in [1.82, 2.24) is 30.5 Å². The fourth-order valence-corrected chi connectivity index (χ4v) is 3.43. The molecular weight excluding hydrogens is 498 g/mol. The number of aromatic nitrogens is 3. The first-order valence-electron chi connectivity index (χ1n) is 10.6. The Hall–Kier alpha value is -3.46. The van der Waals surface area contributed by atoms with E-state index in [4.69, 9.17) is 4.74 Å². The number of rotatable bonds is 5. The highest BCUT2D eigenvalue weighted by Gasteiger charge is 2.37. The van der Waals surface area contributed by atoms with Gasteiger partial charge in [0.15, 0.2) is 5.82 Å². The first-order valence-corrected chi connectivity index (χ1v) is 10.6. The molecule has 2 atom stereocenters. The van der Waals surface area contributed by atoms with Gasteiger partial charge in [0, 0.05) is 29.9 Å². The lowest BCUT2D eigenvalue weighted by atomic mass is 10.0. The quantitative estimate of drug-likeness (QED) is 0.357. The van der Waals surface area contributed by atoms with Crippen LogP contribution in [0.1, 0.15) is 25.0 Å². The second kappa shape index (κ2) is 10.7. The summed E-state index contributed by atoms with van der Waals surface area (Å²) >= 11 is 0. The molecule has 1 aromatic carbocycles. The van der Waals surface area contributed by atoms with Crippen LogP contribution in [-0.4, -0.2) is 63.3 Å². The van der Waals surface area contributed by atoms with Crippen LogP contribution in [0.15, 0.2) is 30.6 Å². The zero-order valence-electron chi connectivity index (χ0n) is 19.0. The summed E-state index contributed by atoms with van der Waals surface area (Å²) in [6.07, 6.45) is -7.04. The highest BCUT2D eigenvalue weighted by atomic mass is 19.4. The van der Waals surface area contributed by atoms with Gasteiger partial charge in [-0.15, -0.1) is 5.10 Å². The van der Waals surface area contributed by atoms with Gasteiger partial charge >= 0.3 is 12.4 Å². The van der Waals surface area contributed by atoms with E-state index in [1.54, 1.807) is 0 Å². The van der Waals surface area contributed by atoms with E-state index in [-0.39, 0.29) is 24.7 Å². The zero-order valence-corrected chi connectivity index (χ0v) is 19.0. The van der Waals surface area contributed by atoms with Crippen molar-refractivity contribution < 1.29 is 40.7 Å². The number of morpholine rings is 1. The van der Waals surface area contributed by atoms with E-state index in [9.17, 15) is 35.9 Å². The summed E-state index contributed by atoms with van der Waals surface area (Å²) in [5.41, 5.74) is 0.896. The summed E-state index contributed by atoms with van der Waals surface area (Å²) in [7, 11) is 0. The summed E-state index contributed by atoms with van der Waals surface area (Å²) in [6, 6.07) is 1.02. The number of carbonyl (C=O) groups excluding carboxylic acids is 2. The van der Waals surface area contributed by atoms with Crippen LogP contribution in [-0.2, 0) is 26.7 Å². The van der Waals surface area contributed by atoms with Gasteiger partial charge in [-0.3, -0.25) is 25.3 Å². The van der Waals surface area contributed by atoms with Crippen molar-refractivity contribution in [2.45, 2.75) is 38.3 Å². The summed E-state index contributed by atoms with van der Waals surface area (Å²) < 4.78 is 84.7. The largest absolute Gasteiger partial charge is 0.416 e. The van der Waals surface area contributed by atoms with Crippen molar-refractivity contribution in [2.24, 2.45) is 0 Å². The Morgan fingerprint density at radius 3 is 2.17 bits per heavy atom. The molecule has 196 valence electrons. The standard InChI is InChI=1S/C21H22F6N6O3/c1-12-9-36-10-13(2)33(12)8-18(35)30-29-17(34)3-4-32-11-28-19(31-32)14-5-15(20(22,23)24)7-16(6-14)21(25,26)27/h3-7,11-13H,8-10H2,1-2H3,(H,29,34)(H,30,35)/b4-3-. The number of hydrogen-bond donors (Lipinski definition) is 2. The van der Waals surface area contributed by atoms with Gasteiger partial charge in [-0.25, -0.2) is 9.67 Å². The van der Waals surface area contributed by atoms with Crippen LogP contribution in [0.25, 0.3) is 17.6 Å². The van der Waals surface area contributed by atoms with E-state index in [1.165, 1.54) is 0 Å². The summed E-state index contributed by atoms with van der Waals surface area (Å²) in [5, 5.41) is 3.79. The maximum Gasteiger partial charge on any atom is 0.416 e.